The first-order valence-electron chi connectivity index (χ1n) is 8.72. The second-order valence-corrected chi connectivity index (χ2v) is 6.15. The predicted octanol–water partition coefficient (Wildman–Crippen LogP) is 0.684. The number of hydrogen-bond acceptors (Lipinski definition) is 8. The Kier molecular flexibility index (Phi) is 5.57. The van der Waals surface area contributed by atoms with Crippen LogP contribution in [0.25, 0.3) is 0 Å². The minimum atomic E-state index is -0.168. The molecule has 0 aliphatic carbocycles. The molecule has 1 amide bonds. The van der Waals surface area contributed by atoms with Crippen LogP contribution in [-0.4, -0.2) is 71.0 Å². The number of rotatable bonds is 5. The molecule has 0 aromatic carbocycles. The fraction of sp³-hybridized carbons (Fsp3) is 0.471. The van der Waals surface area contributed by atoms with Gasteiger partial charge in [-0.3, -0.25) is 4.79 Å². The van der Waals surface area contributed by atoms with E-state index in [1.807, 2.05) is 6.92 Å². The molecule has 3 heterocycles. The summed E-state index contributed by atoms with van der Waals surface area (Å²) < 4.78 is 0. The Bertz CT molecular complexity index is 773. The summed E-state index contributed by atoms with van der Waals surface area (Å²) in [5.41, 5.74) is 0.522. The largest absolute Gasteiger partial charge is 0.355 e. The van der Waals surface area contributed by atoms with Gasteiger partial charge in [0.25, 0.3) is 5.91 Å². The van der Waals surface area contributed by atoms with E-state index in [4.69, 9.17) is 0 Å². The maximum atomic E-state index is 11.8. The molecule has 1 fully saturated rings. The van der Waals surface area contributed by atoms with Gasteiger partial charge >= 0.3 is 0 Å². The minimum absolute atomic E-state index is 0.168. The van der Waals surface area contributed by atoms with Crippen LogP contribution >= 0.6 is 0 Å². The van der Waals surface area contributed by atoms with Crippen LogP contribution in [0.3, 0.4) is 0 Å². The molecule has 138 valence electrons. The summed E-state index contributed by atoms with van der Waals surface area (Å²) >= 11 is 0. The van der Waals surface area contributed by atoms with Gasteiger partial charge in [0.05, 0.1) is 0 Å². The van der Waals surface area contributed by atoms with Crippen LogP contribution in [0.1, 0.15) is 23.1 Å². The Balaban J connectivity index is 1.83. The SMILES string of the molecule is CCc1nc(Nc2cc(C(=O)NC)ccn2)nc(N2CCN(C)CC2)n1. The molecule has 9 nitrogen and oxygen atoms in total. The Morgan fingerprint density at radius 3 is 2.65 bits per heavy atom. The summed E-state index contributed by atoms with van der Waals surface area (Å²) in [4.78, 5) is 34.0. The van der Waals surface area contributed by atoms with Gasteiger partial charge in [-0.15, -0.1) is 0 Å². The van der Waals surface area contributed by atoms with Gasteiger partial charge in [0.2, 0.25) is 11.9 Å². The van der Waals surface area contributed by atoms with Crippen LogP contribution < -0.4 is 15.5 Å². The Morgan fingerprint density at radius 1 is 1.19 bits per heavy atom. The van der Waals surface area contributed by atoms with Crippen LogP contribution in [0.5, 0.6) is 0 Å². The molecule has 1 aliphatic rings. The first-order chi connectivity index (χ1) is 12.6. The maximum Gasteiger partial charge on any atom is 0.251 e. The Morgan fingerprint density at radius 2 is 1.96 bits per heavy atom. The molecule has 0 radical (unpaired) electrons. The van der Waals surface area contributed by atoms with Crippen LogP contribution in [0, 0.1) is 0 Å². The van der Waals surface area contributed by atoms with E-state index in [1.54, 1.807) is 25.4 Å². The third-order valence-corrected chi connectivity index (χ3v) is 4.26. The summed E-state index contributed by atoms with van der Waals surface area (Å²) in [6, 6.07) is 3.33. The molecule has 1 aliphatic heterocycles. The molecule has 0 spiro atoms. The summed E-state index contributed by atoms with van der Waals surface area (Å²) in [7, 11) is 3.71. The first kappa shape index (κ1) is 18.0. The molecule has 9 heteroatoms. The predicted molar refractivity (Wildman–Crippen MR) is 99.8 cm³/mol. The smallest absolute Gasteiger partial charge is 0.251 e. The third kappa shape index (κ3) is 4.23. The Labute approximate surface area is 152 Å². The van der Waals surface area contributed by atoms with Crippen molar-refractivity contribution in [3.8, 4) is 0 Å². The highest BCUT2D eigenvalue weighted by Crippen LogP contribution is 2.17. The van der Waals surface area contributed by atoms with Crippen LogP contribution in [0.15, 0.2) is 18.3 Å². The van der Waals surface area contributed by atoms with E-state index >= 15 is 0 Å². The van der Waals surface area contributed by atoms with Crippen molar-refractivity contribution in [2.24, 2.45) is 0 Å². The summed E-state index contributed by atoms with van der Waals surface area (Å²) in [6.45, 7) is 5.73. The highest BCUT2D eigenvalue weighted by molar-refractivity contribution is 5.94. The average Bonchev–Trinajstić information content (AvgIpc) is 2.67. The van der Waals surface area contributed by atoms with E-state index in [-0.39, 0.29) is 5.91 Å². The highest BCUT2D eigenvalue weighted by atomic mass is 16.1. The van der Waals surface area contributed by atoms with Crippen molar-refractivity contribution in [2.75, 3.05) is 50.5 Å². The van der Waals surface area contributed by atoms with Crippen molar-refractivity contribution in [3.05, 3.63) is 29.7 Å². The number of piperazine rings is 1. The van der Waals surface area contributed by atoms with Crippen molar-refractivity contribution in [1.29, 1.82) is 0 Å². The zero-order valence-corrected chi connectivity index (χ0v) is 15.4. The molecule has 26 heavy (non-hydrogen) atoms. The van der Waals surface area contributed by atoms with E-state index in [9.17, 15) is 4.79 Å². The molecule has 2 aromatic heterocycles. The summed E-state index contributed by atoms with van der Waals surface area (Å²) in [5.74, 6) is 2.18. The van der Waals surface area contributed by atoms with Crippen LogP contribution in [-0.2, 0) is 6.42 Å². The standard InChI is InChI=1S/C17H24N8O/c1-4-13-20-16(21-14-11-12(5-6-19-14)15(26)18-2)23-17(22-13)25-9-7-24(3)8-10-25/h5-6,11H,4,7-10H2,1-3H3,(H,18,26)(H,19,20,21,22,23). The van der Waals surface area contributed by atoms with E-state index in [0.29, 0.717) is 29.7 Å². The number of nitrogens with zero attached hydrogens (tertiary/aromatic N) is 6. The van der Waals surface area contributed by atoms with Crippen molar-refractivity contribution < 1.29 is 4.79 Å². The van der Waals surface area contributed by atoms with Gasteiger partial charge < -0.3 is 20.4 Å². The van der Waals surface area contributed by atoms with E-state index in [1.165, 1.54) is 0 Å². The fourth-order valence-corrected chi connectivity index (χ4v) is 2.67. The number of carbonyl (C=O) groups excluding carboxylic acids is 1. The van der Waals surface area contributed by atoms with E-state index in [0.717, 1.165) is 32.0 Å². The second kappa shape index (κ2) is 8.05. The molecular weight excluding hydrogens is 332 g/mol. The van der Waals surface area contributed by atoms with Crippen molar-refractivity contribution in [1.82, 2.24) is 30.2 Å². The van der Waals surface area contributed by atoms with Gasteiger partial charge in [-0.25, -0.2) is 4.98 Å². The van der Waals surface area contributed by atoms with Gasteiger partial charge in [-0.05, 0) is 19.2 Å². The molecule has 1 saturated heterocycles. The molecule has 0 bridgehead atoms. The highest BCUT2D eigenvalue weighted by Gasteiger charge is 2.18. The number of nitrogens with one attached hydrogen (secondary N) is 2. The van der Waals surface area contributed by atoms with Crippen molar-refractivity contribution in [3.63, 3.8) is 0 Å². The summed E-state index contributed by atoms with van der Waals surface area (Å²) in [5, 5.41) is 5.70. The molecule has 0 saturated carbocycles. The van der Waals surface area contributed by atoms with Gasteiger partial charge in [0.1, 0.15) is 11.6 Å². The lowest BCUT2D eigenvalue weighted by Crippen LogP contribution is -2.45. The second-order valence-electron chi connectivity index (χ2n) is 6.15. The number of amides is 1. The van der Waals surface area contributed by atoms with Crippen molar-refractivity contribution in [2.45, 2.75) is 13.3 Å². The van der Waals surface area contributed by atoms with E-state index in [2.05, 4.69) is 47.4 Å². The van der Waals surface area contributed by atoms with Gasteiger partial charge in [0, 0.05) is 51.4 Å². The van der Waals surface area contributed by atoms with Crippen molar-refractivity contribution >= 4 is 23.6 Å². The number of carbonyl (C=O) groups is 1. The molecule has 0 atom stereocenters. The van der Waals surface area contributed by atoms with Gasteiger partial charge in [-0.1, -0.05) is 6.92 Å². The van der Waals surface area contributed by atoms with E-state index < -0.39 is 0 Å². The van der Waals surface area contributed by atoms with Crippen LogP contribution in [0.4, 0.5) is 17.7 Å². The van der Waals surface area contributed by atoms with Gasteiger partial charge in [0.15, 0.2) is 0 Å². The normalized spacial score (nSPS) is 15.0. The lowest BCUT2D eigenvalue weighted by Gasteiger charge is -2.32. The first-order valence-corrected chi connectivity index (χ1v) is 8.72. The number of anilines is 3. The summed E-state index contributed by atoms with van der Waals surface area (Å²) in [6.07, 6.45) is 2.29. The number of aryl methyl sites for hydroxylation is 1. The molecular formula is C17H24N8O. The number of likely N-dealkylation sites (N-methyl/N-ethyl adjacent to an activating group) is 1. The minimum Gasteiger partial charge on any atom is -0.355 e. The fourth-order valence-electron chi connectivity index (χ4n) is 2.67. The zero-order valence-electron chi connectivity index (χ0n) is 15.4. The maximum absolute atomic E-state index is 11.8. The van der Waals surface area contributed by atoms with Gasteiger partial charge in [-0.2, -0.15) is 15.0 Å². The molecule has 3 rings (SSSR count). The lowest BCUT2D eigenvalue weighted by molar-refractivity contribution is 0.0963. The quantitative estimate of drug-likeness (QED) is 0.807. The molecule has 0 unspecified atom stereocenters. The molecule has 2 aromatic rings. The zero-order chi connectivity index (χ0) is 18.5. The lowest BCUT2D eigenvalue weighted by atomic mass is 10.2. The monoisotopic (exact) mass is 356 g/mol. The Hall–Kier alpha value is -2.81. The topological polar surface area (TPSA) is 99.2 Å². The number of aromatic nitrogens is 4. The number of pyridine rings is 1. The molecule has 2 N–H and O–H groups in total. The third-order valence-electron chi connectivity index (χ3n) is 4.26. The number of hydrogen-bond donors (Lipinski definition) is 2. The average molecular weight is 356 g/mol. The van der Waals surface area contributed by atoms with Crippen LogP contribution in [0.2, 0.25) is 0 Å².